The summed E-state index contributed by atoms with van der Waals surface area (Å²) >= 11 is 0. The lowest BCUT2D eigenvalue weighted by Gasteiger charge is -2.56. The van der Waals surface area contributed by atoms with Crippen LogP contribution in [0.15, 0.2) is 18.2 Å². The number of benzene rings is 1. The van der Waals surface area contributed by atoms with Gasteiger partial charge in [-0.05, 0) is 92.5 Å². The minimum Gasteiger partial charge on any atom is -0.508 e. The third kappa shape index (κ3) is 3.31. The van der Waals surface area contributed by atoms with Crippen molar-refractivity contribution in [2.45, 2.75) is 81.8 Å². The average Bonchev–Trinajstić information content (AvgIpc) is 3.69. The number of carbonyl (C=O) groups excluding carboxylic acids is 1. The Morgan fingerprint density at radius 3 is 2.90 bits per heavy atom. The predicted molar refractivity (Wildman–Crippen MR) is 121 cm³/mol. The van der Waals surface area contributed by atoms with Crippen molar-refractivity contribution >= 4 is 5.91 Å². The van der Waals surface area contributed by atoms with Gasteiger partial charge in [0.05, 0.1) is 6.04 Å². The van der Waals surface area contributed by atoms with E-state index < -0.39 is 0 Å². The lowest BCUT2D eigenvalue weighted by Crippen LogP contribution is -2.61. The van der Waals surface area contributed by atoms with E-state index in [2.05, 4.69) is 34.6 Å². The van der Waals surface area contributed by atoms with Crippen LogP contribution in [0.1, 0.15) is 63.0 Å². The van der Waals surface area contributed by atoms with Gasteiger partial charge in [-0.15, -0.1) is 0 Å². The summed E-state index contributed by atoms with van der Waals surface area (Å²) in [5.41, 5.74) is 2.88. The molecule has 1 aromatic rings. The van der Waals surface area contributed by atoms with Gasteiger partial charge in [-0.1, -0.05) is 19.4 Å². The molecule has 168 valence electrons. The molecule has 31 heavy (non-hydrogen) atoms. The minimum atomic E-state index is -0.0202. The molecule has 2 unspecified atom stereocenters. The molecule has 6 atom stereocenters. The van der Waals surface area contributed by atoms with Crippen molar-refractivity contribution < 1.29 is 9.90 Å². The van der Waals surface area contributed by atoms with E-state index in [1.165, 1.54) is 43.4 Å². The van der Waals surface area contributed by atoms with Gasteiger partial charge in [0.2, 0.25) is 5.91 Å². The fourth-order valence-electron chi connectivity index (χ4n) is 7.46. The second kappa shape index (κ2) is 7.48. The van der Waals surface area contributed by atoms with Crippen LogP contribution in [-0.2, 0) is 16.6 Å². The third-order valence-corrected chi connectivity index (χ3v) is 9.31. The van der Waals surface area contributed by atoms with Crippen LogP contribution >= 0.6 is 0 Å². The van der Waals surface area contributed by atoms with Crippen molar-refractivity contribution in [2.75, 3.05) is 19.6 Å². The van der Waals surface area contributed by atoms with Crippen LogP contribution in [0.5, 0.6) is 5.75 Å². The second-order valence-corrected chi connectivity index (χ2v) is 11.0. The van der Waals surface area contributed by atoms with E-state index in [9.17, 15) is 9.90 Å². The van der Waals surface area contributed by atoms with Crippen molar-refractivity contribution in [2.24, 2.45) is 17.8 Å². The number of piperidine rings is 2. The van der Waals surface area contributed by atoms with Gasteiger partial charge in [-0.3, -0.25) is 9.69 Å². The summed E-state index contributed by atoms with van der Waals surface area (Å²) < 4.78 is 0. The Morgan fingerprint density at radius 2 is 2.13 bits per heavy atom. The van der Waals surface area contributed by atoms with E-state index in [1.807, 2.05) is 6.07 Å². The Morgan fingerprint density at radius 1 is 1.26 bits per heavy atom. The summed E-state index contributed by atoms with van der Waals surface area (Å²) in [5.74, 6) is 2.68. The normalized spacial score (nSPS) is 38.8. The van der Waals surface area contributed by atoms with Crippen molar-refractivity contribution in [3.8, 4) is 5.75 Å². The number of carbonyl (C=O) groups is 1. The number of fused-ring (bicyclic) bond motifs is 6. The number of rotatable bonds is 6. The van der Waals surface area contributed by atoms with E-state index in [0.717, 1.165) is 44.7 Å². The number of amides is 1. The van der Waals surface area contributed by atoms with Crippen LogP contribution in [0.4, 0.5) is 0 Å². The molecule has 1 amide bonds. The van der Waals surface area contributed by atoms with E-state index in [-0.39, 0.29) is 17.4 Å². The highest BCUT2D eigenvalue weighted by atomic mass is 16.3. The molecule has 4 fully saturated rings. The van der Waals surface area contributed by atoms with E-state index in [1.54, 1.807) is 0 Å². The van der Waals surface area contributed by atoms with Gasteiger partial charge >= 0.3 is 0 Å². The summed E-state index contributed by atoms with van der Waals surface area (Å²) in [6.07, 6.45) is 9.45. The first-order chi connectivity index (χ1) is 15.1. The molecule has 0 radical (unpaired) electrons. The number of nitrogens with zero attached hydrogens (tertiary/aromatic N) is 1. The van der Waals surface area contributed by atoms with E-state index in [4.69, 9.17) is 0 Å². The predicted octanol–water partition coefficient (Wildman–Crippen LogP) is 2.95. The highest BCUT2D eigenvalue weighted by Gasteiger charge is 2.66. The number of phenols is 1. The monoisotopic (exact) mass is 423 g/mol. The standard InChI is InChI=1S/C26H37N3O2/c1-16-23-12-18-7-8-19(30)13-20(18)26(16,21-14-24(21)29(23)15-17-5-6-17)9-11-28-25(31)22-4-2-3-10-27-22/h7-8,13,16-17,21-24,27,30H,2-6,9-12,14-15H2,1H3,(H,28,31)/t16-,21?,22-,23+,24?,26+/m0/s1. The number of nitrogens with one attached hydrogen (secondary N) is 2. The summed E-state index contributed by atoms with van der Waals surface area (Å²) in [7, 11) is 0. The van der Waals surface area contributed by atoms with Gasteiger partial charge in [0, 0.05) is 30.6 Å². The molecule has 0 spiro atoms. The molecule has 6 rings (SSSR count). The first kappa shape index (κ1) is 20.0. The molecule has 1 aromatic carbocycles. The van der Waals surface area contributed by atoms with Gasteiger partial charge in [-0.2, -0.15) is 0 Å². The van der Waals surface area contributed by atoms with Crippen molar-refractivity contribution in [3.05, 3.63) is 29.3 Å². The summed E-state index contributed by atoms with van der Waals surface area (Å²) in [4.78, 5) is 15.6. The highest BCUT2D eigenvalue weighted by molar-refractivity contribution is 5.81. The van der Waals surface area contributed by atoms with Crippen molar-refractivity contribution in [1.29, 1.82) is 0 Å². The topological polar surface area (TPSA) is 64.6 Å². The van der Waals surface area contributed by atoms with Gasteiger partial charge in [-0.25, -0.2) is 0 Å². The zero-order valence-corrected chi connectivity index (χ0v) is 18.8. The lowest BCUT2D eigenvalue weighted by atomic mass is 9.55. The Labute approximate surface area is 186 Å². The van der Waals surface area contributed by atoms with E-state index >= 15 is 0 Å². The smallest absolute Gasteiger partial charge is 0.237 e. The Kier molecular flexibility index (Phi) is 4.84. The molecule has 3 N–H and O–H groups in total. The fourth-order valence-corrected chi connectivity index (χ4v) is 7.46. The summed E-state index contributed by atoms with van der Waals surface area (Å²) in [6.45, 7) is 5.42. The zero-order valence-electron chi connectivity index (χ0n) is 18.8. The van der Waals surface area contributed by atoms with Gasteiger partial charge < -0.3 is 15.7 Å². The quantitative estimate of drug-likeness (QED) is 0.658. The van der Waals surface area contributed by atoms with Gasteiger partial charge in [0.15, 0.2) is 0 Å². The van der Waals surface area contributed by atoms with Gasteiger partial charge in [0.1, 0.15) is 5.75 Å². The molecule has 2 saturated heterocycles. The molecule has 2 saturated carbocycles. The minimum absolute atomic E-state index is 0.0202. The molecule has 2 aliphatic heterocycles. The third-order valence-electron chi connectivity index (χ3n) is 9.31. The molecular weight excluding hydrogens is 386 g/mol. The molecule has 5 nitrogen and oxygen atoms in total. The number of aromatic hydroxyl groups is 1. The van der Waals surface area contributed by atoms with Crippen LogP contribution in [0.25, 0.3) is 0 Å². The first-order valence-corrected chi connectivity index (χ1v) is 12.7. The Balaban J connectivity index is 1.26. The summed E-state index contributed by atoms with van der Waals surface area (Å²) in [6, 6.07) is 7.36. The molecule has 5 heteroatoms. The number of phenolic OH excluding ortho intramolecular Hbond substituents is 1. The number of hydrogen-bond donors (Lipinski definition) is 3. The van der Waals surface area contributed by atoms with Gasteiger partial charge in [0.25, 0.3) is 0 Å². The Bertz CT molecular complexity index is 862. The number of hydrogen-bond acceptors (Lipinski definition) is 4. The maximum absolute atomic E-state index is 12.7. The Hall–Kier alpha value is -1.59. The van der Waals surface area contributed by atoms with Crippen LogP contribution in [0.3, 0.4) is 0 Å². The number of likely N-dealkylation sites (tertiary alicyclic amines) is 1. The molecular formula is C26H37N3O2. The van der Waals surface area contributed by atoms with Crippen LogP contribution in [0.2, 0.25) is 0 Å². The first-order valence-electron chi connectivity index (χ1n) is 12.7. The molecule has 2 bridgehead atoms. The van der Waals surface area contributed by atoms with Crippen LogP contribution in [-0.4, -0.2) is 53.7 Å². The van der Waals surface area contributed by atoms with Crippen LogP contribution in [0, 0.1) is 17.8 Å². The lowest BCUT2D eigenvalue weighted by molar-refractivity contribution is -0.123. The SMILES string of the molecule is C[C@H]1[C@H]2Cc3ccc(O)cc3[C@]1(CCNC(=O)[C@@H]1CCCCN1)C1CC1N2CC1CC1. The van der Waals surface area contributed by atoms with Crippen LogP contribution < -0.4 is 10.6 Å². The van der Waals surface area contributed by atoms with Crippen molar-refractivity contribution in [1.82, 2.24) is 15.5 Å². The zero-order chi connectivity index (χ0) is 21.2. The fraction of sp³-hybridized carbons (Fsp3) is 0.731. The highest BCUT2D eigenvalue weighted by Crippen LogP contribution is 2.64. The van der Waals surface area contributed by atoms with Crippen molar-refractivity contribution in [3.63, 3.8) is 0 Å². The average molecular weight is 424 g/mol. The molecule has 2 heterocycles. The second-order valence-electron chi connectivity index (χ2n) is 11.0. The summed E-state index contributed by atoms with van der Waals surface area (Å²) in [5, 5.41) is 17.0. The largest absolute Gasteiger partial charge is 0.508 e. The maximum atomic E-state index is 12.7. The molecule has 3 aliphatic carbocycles. The molecule has 5 aliphatic rings. The maximum Gasteiger partial charge on any atom is 0.237 e. The molecule has 0 aromatic heterocycles. The van der Waals surface area contributed by atoms with E-state index in [0.29, 0.717) is 29.7 Å².